The van der Waals surface area contributed by atoms with Gasteiger partial charge in [0.05, 0.1) is 5.56 Å². The summed E-state index contributed by atoms with van der Waals surface area (Å²) in [6, 6.07) is 14.5. The highest BCUT2D eigenvalue weighted by molar-refractivity contribution is 5.89. The number of hydrogen-bond donors (Lipinski definition) is 2. The number of fused-ring (bicyclic) bond motifs is 1. The van der Waals surface area contributed by atoms with E-state index in [0.717, 1.165) is 16.5 Å². The number of rotatable bonds is 1. The standard InChI is InChI=1S/C16H13NO2/c1-10-11-6-2-4-8-13(11)17-16(19)15(10)12-7-3-5-9-14(12)18/h2-9,18H,1H3,(H,17,19). The predicted molar refractivity (Wildman–Crippen MR) is 76.4 cm³/mol. The number of aromatic nitrogens is 1. The molecule has 0 atom stereocenters. The van der Waals surface area contributed by atoms with Gasteiger partial charge in [-0.3, -0.25) is 4.79 Å². The van der Waals surface area contributed by atoms with Crippen molar-refractivity contribution in [3.63, 3.8) is 0 Å². The summed E-state index contributed by atoms with van der Waals surface area (Å²) < 4.78 is 0. The maximum atomic E-state index is 12.2. The maximum Gasteiger partial charge on any atom is 0.256 e. The van der Waals surface area contributed by atoms with Crippen LogP contribution in [0.3, 0.4) is 0 Å². The van der Waals surface area contributed by atoms with Crippen molar-refractivity contribution < 1.29 is 5.11 Å². The quantitative estimate of drug-likeness (QED) is 0.697. The van der Waals surface area contributed by atoms with Crippen LogP contribution in [0.2, 0.25) is 0 Å². The third-order valence-corrected chi connectivity index (χ3v) is 3.35. The number of nitrogens with one attached hydrogen (secondary N) is 1. The van der Waals surface area contributed by atoms with Gasteiger partial charge in [0.15, 0.2) is 0 Å². The Bertz CT molecular complexity index is 818. The molecule has 0 saturated carbocycles. The smallest absolute Gasteiger partial charge is 0.256 e. The predicted octanol–water partition coefficient (Wildman–Crippen LogP) is 3.21. The molecule has 3 nitrogen and oxygen atoms in total. The Morgan fingerprint density at radius 1 is 1.00 bits per heavy atom. The number of aromatic amines is 1. The number of pyridine rings is 1. The topological polar surface area (TPSA) is 53.1 Å². The van der Waals surface area contributed by atoms with Gasteiger partial charge >= 0.3 is 0 Å². The van der Waals surface area contributed by atoms with Crippen molar-refractivity contribution in [2.45, 2.75) is 6.92 Å². The van der Waals surface area contributed by atoms with Crippen LogP contribution in [-0.4, -0.2) is 10.1 Å². The van der Waals surface area contributed by atoms with Crippen LogP contribution in [0, 0.1) is 6.92 Å². The van der Waals surface area contributed by atoms with Crippen molar-refractivity contribution in [1.82, 2.24) is 4.98 Å². The van der Waals surface area contributed by atoms with E-state index in [1.54, 1.807) is 18.2 Å². The fraction of sp³-hybridized carbons (Fsp3) is 0.0625. The van der Waals surface area contributed by atoms with Crippen molar-refractivity contribution in [3.05, 3.63) is 64.4 Å². The van der Waals surface area contributed by atoms with Crippen molar-refractivity contribution in [2.75, 3.05) is 0 Å². The Morgan fingerprint density at radius 3 is 2.47 bits per heavy atom. The van der Waals surface area contributed by atoms with E-state index in [-0.39, 0.29) is 11.3 Å². The number of para-hydroxylation sites is 2. The molecule has 0 aliphatic heterocycles. The molecule has 0 amide bonds. The minimum absolute atomic E-state index is 0.117. The van der Waals surface area contributed by atoms with E-state index < -0.39 is 0 Å². The second kappa shape index (κ2) is 4.28. The Morgan fingerprint density at radius 2 is 1.68 bits per heavy atom. The molecule has 0 bridgehead atoms. The lowest BCUT2D eigenvalue weighted by Crippen LogP contribution is -2.11. The Balaban J connectivity index is 2.43. The molecule has 0 aliphatic rings. The molecule has 3 aromatic rings. The van der Waals surface area contributed by atoms with Gasteiger partial charge in [-0.25, -0.2) is 0 Å². The van der Waals surface area contributed by atoms with Crippen molar-refractivity contribution >= 4 is 10.9 Å². The highest BCUT2D eigenvalue weighted by Gasteiger charge is 2.13. The zero-order valence-electron chi connectivity index (χ0n) is 10.5. The molecule has 0 radical (unpaired) electrons. The molecule has 94 valence electrons. The molecule has 0 fully saturated rings. The molecule has 0 spiro atoms. The molecule has 19 heavy (non-hydrogen) atoms. The fourth-order valence-electron chi connectivity index (χ4n) is 2.42. The third kappa shape index (κ3) is 1.80. The Kier molecular flexibility index (Phi) is 2.60. The highest BCUT2D eigenvalue weighted by Crippen LogP contribution is 2.30. The van der Waals surface area contributed by atoms with Gasteiger partial charge in [-0.1, -0.05) is 36.4 Å². The van der Waals surface area contributed by atoms with Gasteiger partial charge in [0, 0.05) is 16.5 Å². The second-order valence-corrected chi connectivity index (χ2v) is 4.52. The summed E-state index contributed by atoms with van der Waals surface area (Å²) >= 11 is 0. The van der Waals surface area contributed by atoms with Crippen LogP contribution in [0.15, 0.2) is 53.3 Å². The number of phenols is 1. The summed E-state index contributed by atoms with van der Waals surface area (Å²) in [5, 5.41) is 10.9. The Hall–Kier alpha value is -2.55. The minimum atomic E-state index is -0.183. The molecule has 3 rings (SSSR count). The van der Waals surface area contributed by atoms with E-state index in [4.69, 9.17) is 0 Å². The number of aromatic hydroxyl groups is 1. The fourth-order valence-corrected chi connectivity index (χ4v) is 2.42. The van der Waals surface area contributed by atoms with Gasteiger partial charge < -0.3 is 10.1 Å². The van der Waals surface area contributed by atoms with Gasteiger partial charge in [-0.2, -0.15) is 0 Å². The normalized spacial score (nSPS) is 10.8. The Labute approximate surface area is 110 Å². The number of benzene rings is 2. The number of H-pyrrole nitrogens is 1. The van der Waals surface area contributed by atoms with Crippen LogP contribution in [0.1, 0.15) is 5.56 Å². The van der Waals surface area contributed by atoms with E-state index in [1.165, 1.54) is 0 Å². The van der Waals surface area contributed by atoms with Crippen LogP contribution in [0.5, 0.6) is 5.75 Å². The number of phenolic OH excluding ortho intramolecular Hbond substituents is 1. The van der Waals surface area contributed by atoms with E-state index in [2.05, 4.69) is 4.98 Å². The van der Waals surface area contributed by atoms with Crippen LogP contribution in [-0.2, 0) is 0 Å². The number of aryl methyl sites for hydroxylation is 1. The van der Waals surface area contributed by atoms with Gasteiger partial charge in [-0.05, 0) is 24.6 Å². The van der Waals surface area contributed by atoms with Gasteiger partial charge in [0.2, 0.25) is 0 Å². The lowest BCUT2D eigenvalue weighted by atomic mass is 9.98. The molecule has 0 saturated heterocycles. The minimum Gasteiger partial charge on any atom is -0.507 e. The molecule has 3 heteroatoms. The van der Waals surface area contributed by atoms with Gasteiger partial charge in [0.25, 0.3) is 5.56 Å². The monoisotopic (exact) mass is 251 g/mol. The second-order valence-electron chi connectivity index (χ2n) is 4.52. The molecular formula is C16H13NO2. The summed E-state index contributed by atoms with van der Waals surface area (Å²) in [7, 11) is 0. The summed E-state index contributed by atoms with van der Waals surface area (Å²) in [5.74, 6) is 0.117. The average Bonchev–Trinajstić information content (AvgIpc) is 2.41. The van der Waals surface area contributed by atoms with Gasteiger partial charge in [0.1, 0.15) is 5.75 Å². The zero-order chi connectivity index (χ0) is 13.4. The maximum absolute atomic E-state index is 12.2. The first-order valence-corrected chi connectivity index (χ1v) is 6.08. The molecule has 2 aromatic carbocycles. The summed E-state index contributed by atoms with van der Waals surface area (Å²) in [6.07, 6.45) is 0. The average molecular weight is 251 g/mol. The lowest BCUT2D eigenvalue weighted by Gasteiger charge is -2.10. The molecular weight excluding hydrogens is 238 g/mol. The van der Waals surface area contributed by atoms with Crippen LogP contribution >= 0.6 is 0 Å². The zero-order valence-corrected chi connectivity index (χ0v) is 10.5. The SMILES string of the molecule is Cc1c(-c2ccccc2O)c(=O)[nH]c2ccccc12. The van der Waals surface area contributed by atoms with E-state index in [9.17, 15) is 9.90 Å². The molecule has 0 aliphatic carbocycles. The van der Waals surface area contributed by atoms with E-state index >= 15 is 0 Å². The third-order valence-electron chi connectivity index (χ3n) is 3.35. The molecule has 0 unspecified atom stereocenters. The summed E-state index contributed by atoms with van der Waals surface area (Å²) in [6.45, 7) is 1.90. The molecule has 2 N–H and O–H groups in total. The van der Waals surface area contributed by atoms with Gasteiger partial charge in [-0.15, -0.1) is 0 Å². The largest absolute Gasteiger partial charge is 0.507 e. The first-order chi connectivity index (χ1) is 9.18. The van der Waals surface area contributed by atoms with E-state index in [1.807, 2.05) is 37.3 Å². The lowest BCUT2D eigenvalue weighted by molar-refractivity contribution is 0.477. The van der Waals surface area contributed by atoms with Crippen LogP contribution in [0.4, 0.5) is 0 Å². The number of hydrogen-bond acceptors (Lipinski definition) is 2. The summed E-state index contributed by atoms with van der Waals surface area (Å²) in [5.41, 5.74) is 2.59. The van der Waals surface area contributed by atoms with Crippen LogP contribution in [0.25, 0.3) is 22.0 Å². The van der Waals surface area contributed by atoms with Crippen LogP contribution < -0.4 is 5.56 Å². The van der Waals surface area contributed by atoms with Crippen molar-refractivity contribution in [2.24, 2.45) is 0 Å². The van der Waals surface area contributed by atoms with Crippen molar-refractivity contribution in [3.8, 4) is 16.9 Å². The molecule has 1 heterocycles. The molecule has 1 aromatic heterocycles. The van der Waals surface area contributed by atoms with E-state index in [0.29, 0.717) is 11.1 Å². The first-order valence-electron chi connectivity index (χ1n) is 6.08. The summed E-state index contributed by atoms with van der Waals surface area (Å²) in [4.78, 5) is 15.1. The highest BCUT2D eigenvalue weighted by atomic mass is 16.3. The van der Waals surface area contributed by atoms with Crippen molar-refractivity contribution in [1.29, 1.82) is 0 Å². The first kappa shape index (κ1) is 11.5.